The second-order valence-corrected chi connectivity index (χ2v) is 3.88. The van der Waals surface area contributed by atoms with E-state index >= 15 is 0 Å². The Morgan fingerprint density at radius 3 is 3.11 bits per heavy atom. The predicted octanol–water partition coefficient (Wildman–Crippen LogP) is 1.48. The molecule has 0 radical (unpaired) electrons. The quantitative estimate of drug-likeness (QED) is 0.749. The number of ether oxygens (including phenoxy) is 3. The fourth-order valence-electron chi connectivity index (χ4n) is 1.74. The number of benzene rings is 1. The summed E-state index contributed by atoms with van der Waals surface area (Å²) >= 11 is 0. The summed E-state index contributed by atoms with van der Waals surface area (Å²) in [6.07, 6.45) is 4.37. The number of aryl methyl sites for hydroxylation is 1. The van der Waals surface area contributed by atoms with Crippen LogP contribution in [0.25, 0.3) is 0 Å². The number of aromatic nitrogens is 3. The lowest BCUT2D eigenvalue weighted by atomic mass is 10.3. The Hall–Kier alpha value is -2.24. The molecule has 0 spiro atoms. The molecule has 0 amide bonds. The van der Waals surface area contributed by atoms with E-state index < -0.39 is 0 Å². The van der Waals surface area contributed by atoms with Crippen LogP contribution in [0.4, 0.5) is 0 Å². The van der Waals surface area contributed by atoms with Gasteiger partial charge in [0, 0.05) is 25.2 Å². The molecule has 2 heterocycles. The summed E-state index contributed by atoms with van der Waals surface area (Å²) in [6, 6.07) is 5.58. The lowest BCUT2D eigenvalue weighted by Crippen LogP contribution is -2.05. The first-order valence-electron chi connectivity index (χ1n) is 5.78. The molecule has 1 aromatic carbocycles. The molecule has 0 unspecified atom stereocenters. The van der Waals surface area contributed by atoms with E-state index in [0.29, 0.717) is 6.61 Å². The SMILES string of the molecule is c1cn(CCCOc2ccc3c(c2)OCO3)nn1. The molecule has 1 aromatic heterocycles. The van der Waals surface area contributed by atoms with Gasteiger partial charge in [-0.05, 0) is 12.1 Å². The Morgan fingerprint density at radius 1 is 1.28 bits per heavy atom. The van der Waals surface area contributed by atoms with Gasteiger partial charge in [0.05, 0.1) is 12.8 Å². The Labute approximate surface area is 104 Å². The van der Waals surface area contributed by atoms with Crippen molar-refractivity contribution in [2.45, 2.75) is 13.0 Å². The zero-order valence-electron chi connectivity index (χ0n) is 9.78. The maximum Gasteiger partial charge on any atom is 0.231 e. The predicted molar refractivity (Wildman–Crippen MR) is 62.7 cm³/mol. The minimum Gasteiger partial charge on any atom is -0.493 e. The average Bonchev–Trinajstić information content (AvgIpc) is 3.05. The van der Waals surface area contributed by atoms with Crippen LogP contribution >= 0.6 is 0 Å². The number of hydrogen-bond acceptors (Lipinski definition) is 5. The van der Waals surface area contributed by atoms with Crippen LogP contribution in [0.5, 0.6) is 17.2 Å². The van der Waals surface area contributed by atoms with Crippen LogP contribution in [0.15, 0.2) is 30.6 Å². The highest BCUT2D eigenvalue weighted by Crippen LogP contribution is 2.35. The average molecular weight is 247 g/mol. The number of fused-ring (bicyclic) bond motifs is 1. The van der Waals surface area contributed by atoms with E-state index in [1.807, 2.05) is 24.4 Å². The van der Waals surface area contributed by atoms with Gasteiger partial charge < -0.3 is 14.2 Å². The van der Waals surface area contributed by atoms with Crippen molar-refractivity contribution in [3.05, 3.63) is 30.6 Å². The molecular weight excluding hydrogens is 234 g/mol. The molecule has 6 nitrogen and oxygen atoms in total. The Balaban J connectivity index is 1.48. The fourth-order valence-corrected chi connectivity index (χ4v) is 1.74. The van der Waals surface area contributed by atoms with E-state index in [-0.39, 0.29) is 6.79 Å². The van der Waals surface area contributed by atoms with Crippen LogP contribution in [0.2, 0.25) is 0 Å². The number of rotatable bonds is 5. The van der Waals surface area contributed by atoms with Crippen LogP contribution in [0, 0.1) is 0 Å². The zero-order valence-corrected chi connectivity index (χ0v) is 9.78. The van der Waals surface area contributed by atoms with Gasteiger partial charge in [-0.25, -0.2) is 0 Å². The third-order valence-electron chi connectivity index (χ3n) is 2.62. The lowest BCUT2D eigenvalue weighted by molar-refractivity contribution is 0.173. The number of hydrogen-bond donors (Lipinski definition) is 0. The zero-order chi connectivity index (χ0) is 12.2. The standard InChI is InChI=1S/C12H13N3O3/c1(5-15-6-4-13-14-15)7-16-10-2-3-11-12(8-10)18-9-17-11/h2-4,6,8H,1,5,7,9H2. The van der Waals surface area contributed by atoms with Gasteiger partial charge in [0.25, 0.3) is 0 Å². The van der Waals surface area contributed by atoms with Crippen molar-refractivity contribution in [3.63, 3.8) is 0 Å². The molecule has 0 saturated heterocycles. The highest BCUT2D eigenvalue weighted by Gasteiger charge is 2.13. The van der Waals surface area contributed by atoms with E-state index in [2.05, 4.69) is 10.3 Å². The largest absolute Gasteiger partial charge is 0.493 e. The van der Waals surface area contributed by atoms with Crippen molar-refractivity contribution < 1.29 is 14.2 Å². The third kappa shape index (κ3) is 2.37. The summed E-state index contributed by atoms with van der Waals surface area (Å²) in [6.45, 7) is 1.70. The second kappa shape index (κ2) is 4.95. The van der Waals surface area contributed by atoms with Crippen molar-refractivity contribution in [2.24, 2.45) is 0 Å². The van der Waals surface area contributed by atoms with E-state index in [4.69, 9.17) is 14.2 Å². The molecule has 18 heavy (non-hydrogen) atoms. The summed E-state index contributed by atoms with van der Waals surface area (Å²) in [7, 11) is 0. The van der Waals surface area contributed by atoms with E-state index in [0.717, 1.165) is 30.2 Å². The number of nitrogens with zero attached hydrogens (tertiary/aromatic N) is 3. The summed E-state index contributed by atoms with van der Waals surface area (Å²) in [5.74, 6) is 2.30. The highest BCUT2D eigenvalue weighted by molar-refractivity contribution is 5.46. The van der Waals surface area contributed by atoms with Crippen molar-refractivity contribution in [2.75, 3.05) is 13.4 Å². The van der Waals surface area contributed by atoms with Gasteiger partial charge in [0.2, 0.25) is 6.79 Å². The molecule has 0 N–H and O–H groups in total. The van der Waals surface area contributed by atoms with Crippen molar-refractivity contribution >= 4 is 0 Å². The van der Waals surface area contributed by atoms with Crippen molar-refractivity contribution in [1.29, 1.82) is 0 Å². The first-order valence-corrected chi connectivity index (χ1v) is 5.78. The summed E-state index contributed by atoms with van der Waals surface area (Å²) in [4.78, 5) is 0. The molecule has 0 atom stereocenters. The van der Waals surface area contributed by atoms with Crippen molar-refractivity contribution in [1.82, 2.24) is 15.0 Å². The van der Waals surface area contributed by atoms with E-state index in [1.54, 1.807) is 10.9 Å². The normalized spacial score (nSPS) is 12.7. The maximum absolute atomic E-state index is 5.63. The fraction of sp³-hybridized carbons (Fsp3) is 0.333. The first kappa shape index (κ1) is 10.9. The molecule has 0 bridgehead atoms. The lowest BCUT2D eigenvalue weighted by Gasteiger charge is -2.06. The van der Waals surface area contributed by atoms with Crippen molar-refractivity contribution in [3.8, 4) is 17.2 Å². The minimum atomic E-state index is 0.283. The Morgan fingerprint density at radius 2 is 2.22 bits per heavy atom. The van der Waals surface area contributed by atoms with Crippen LogP contribution in [0.3, 0.4) is 0 Å². The Bertz CT molecular complexity index is 513. The molecular formula is C12H13N3O3. The minimum absolute atomic E-state index is 0.283. The van der Waals surface area contributed by atoms with Gasteiger partial charge in [-0.3, -0.25) is 4.68 Å². The molecule has 1 aliphatic heterocycles. The summed E-state index contributed by atoms with van der Waals surface area (Å²) < 4.78 is 17.9. The molecule has 0 saturated carbocycles. The van der Waals surface area contributed by atoms with Crippen LogP contribution in [0.1, 0.15) is 6.42 Å². The first-order chi connectivity index (χ1) is 8.92. The van der Waals surface area contributed by atoms with E-state index in [1.165, 1.54) is 0 Å². The topological polar surface area (TPSA) is 58.4 Å². The van der Waals surface area contributed by atoms with Gasteiger partial charge in [-0.2, -0.15) is 0 Å². The molecule has 6 heteroatoms. The van der Waals surface area contributed by atoms with Gasteiger partial charge in [-0.15, -0.1) is 5.10 Å². The Kier molecular flexibility index (Phi) is 2.99. The summed E-state index contributed by atoms with van der Waals surface area (Å²) in [5, 5.41) is 7.62. The van der Waals surface area contributed by atoms with Crippen LogP contribution < -0.4 is 14.2 Å². The van der Waals surface area contributed by atoms with Crippen LogP contribution in [-0.4, -0.2) is 28.4 Å². The van der Waals surface area contributed by atoms with Gasteiger partial charge in [0.15, 0.2) is 11.5 Å². The van der Waals surface area contributed by atoms with Crippen LogP contribution in [-0.2, 0) is 6.54 Å². The smallest absolute Gasteiger partial charge is 0.231 e. The maximum atomic E-state index is 5.63. The molecule has 94 valence electrons. The van der Waals surface area contributed by atoms with Gasteiger partial charge in [-0.1, -0.05) is 5.21 Å². The van der Waals surface area contributed by atoms with Gasteiger partial charge in [0.1, 0.15) is 5.75 Å². The van der Waals surface area contributed by atoms with Gasteiger partial charge >= 0.3 is 0 Å². The molecule has 2 aromatic rings. The second-order valence-electron chi connectivity index (χ2n) is 3.88. The monoisotopic (exact) mass is 247 g/mol. The molecule has 0 fully saturated rings. The summed E-state index contributed by atoms with van der Waals surface area (Å²) in [5.41, 5.74) is 0. The molecule has 0 aliphatic carbocycles. The molecule has 1 aliphatic rings. The highest BCUT2D eigenvalue weighted by atomic mass is 16.7. The third-order valence-corrected chi connectivity index (χ3v) is 2.62. The van der Waals surface area contributed by atoms with E-state index in [9.17, 15) is 0 Å². The molecule has 3 rings (SSSR count).